The number of hydrogen-bond donors (Lipinski definition) is 1. The molecule has 0 radical (unpaired) electrons. The molecular formula is C18H21NO3S. The van der Waals surface area contributed by atoms with Gasteiger partial charge in [-0.05, 0) is 28.0 Å². The Morgan fingerprint density at radius 2 is 1.83 bits per heavy atom. The quantitative estimate of drug-likeness (QED) is 0.853. The normalized spacial score (nSPS) is 11.1. The maximum atomic E-state index is 11.7. The number of thiophene rings is 1. The zero-order valence-electron chi connectivity index (χ0n) is 13.6. The van der Waals surface area contributed by atoms with Gasteiger partial charge in [-0.2, -0.15) is 0 Å². The third-order valence-electron chi connectivity index (χ3n) is 3.36. The Bertz CT molecular complexity index is 655. The van der Waals surface area contributed by atoms with Crippen molar-refractivity contribution in [3.63, 3.8) is 0 Å². The van der Waals surface area contributed by atoms with E-state index in [0.29, 0.717) is 4.88 Å². The van der Waals surface area contributed by atoms with Gasteiger partial charge in [0.15, 0.2) is 0 Å². The lowest BCUT2D eigenvalue weighted by atomic mass is 9.87. The van der Waals surface area contributed by atoms with E-state index in [9.17, 15) is 9.59 Å². The molecule has 1 N–H and O–H groups in total. The molecule has 4 nitrogen and oxygen atoms in total. The van der Waals surface area contributed by atoms with Gasteiger partial charge in [0.05, 0.1) is 4.88 Å². The summed E-state index contributed by atoms with van der Waals surface area (Å²) in [5.41, 5.74) is 2.26. The van der Waals surface area contributed by atoms with Gasteiger partial charge in [-0.15, -0.1) is 11.3 Å². The highest BCUT2D eigenvalue weighted by atomic mass is 32.1. The van der Waals surface area contributed by atoms with Gasteiger partial charge in [0.2, 0.25) is 0 Å². The monoisotopic (exact) mass is 331 g/mol. The van der Waals surface area contributed by atoms with Crippen molar-refractivity contribution in [3.05, 3.63) is 57.8 Å². The topological polar surface area (TPSA) is 55.4 Å². The molecule has 0 spiro atoms. The molecule has 0 bridgehead atoms. The van der Waals surface area contributed by atoms with Crippen LogP contribution in [0.5, 0.6) is 0 Å². The van der Waals surface area contributed by atoms with E-state index >= 15 is 0 Å². The number of benzene rings is 1. The Balaban J connectivity index is 1.77. The molecule has 1 heterocycles. The number of carbonyl (C=O) groups excluding carboxylic acids is 2. The molecule has 1 amide bonds. The maximum Gasteiger partial charge on any atom is 0.325 e. The van der Waals surface area contributed by atoms with Gasteiger partial charge >= 0.3 is 5.97 Å². The number of rotatable bonds is 5. The molecule has 1 aromatic carbocycles. The first-order valence-corrected chi connectivity index (χ1v) is 8.31. The van der Waals surface area contributed by atoms with E-state index in [1.807, 2.05) is 29.6 Å². The zero-order valence-corrected chi connectivity index (χ0v) is 14.4. The summed E-state index contributed by atoms with van der Waals surface area (Å²) in [4.78, 5) is 24.0. The second-order valence-electron chi connectivity index (χ2n) is 6.27. The highest BCUT2D eigenvalue weighted by Gasteiger charge is 2.13. The SMILES string of the molecule is CC(C)(C)c1ccc(COC(=O)CNC(=O)c2cccs2)cc1. The predicted molar refractivity (Wildman–Crippen MR) is 91.6 cm³/mol. The third kappa shape index (κ3) is 5.21. The van der Waals surface area contributed by atoms with E-state index in [1.165, 1.54) is 16.9 Å². The van der Waals surface area contributed by atoms with Crippen molar-refractivity contribution in [2.24, 2.45) is 0 Å². The van der Waals surface area contributed by atoms with E-state index < -0.39 is 5.97 Å². The molecule has 0 aliphatic carbocycles. The number of hydrogen-bond acceptors (Lipinski definition) is 4. The summed E-state index contributed by atoms with van der Waals surface area (Å²) < 4.78 is 5.17. The van der Waals surface area contributed by atoms with E-state index in [4.69, 9.17) is 4.74 Å². The molecule has 0 aliphatic heterocycles. The lowest BCUT2D eigenvalue weighted by Gasteiger charge is -2.19. The van der Waals surface area contributed by atoms with Crippen LogP contribution >= 0.6 is 11.3 Å². The number of amides is 1. The number of esters is 1. The van der Waals surface area contributed by atoms with Crippen molar-refractivity contribution in [2.45, 2.75) is 32.8 Å². The number of nitrogens with one attached hydrogen (secondary N) is 1. The third-order valence-corrected chi connectivity index (χ3v) is 4.23. The van der Waals surface area contributed by atoms with Crippen LogP contribution in [0.3, 0.4) is 0 Å². The first-order chi connectivity index (χ1) is 10.9. The summed E-state index contributed by atoms with van der Waals surface area (Å²) in [6.07, 6.45) is 0. The van der Waals surface area contributed by atoms with Crippen LogP contribution in [-0.4, -0.2) is 18.4 Å². The van der Waals surface area contributed by atoms with E-state index in [0.717, 1.165) is 5.56 Å². The zero-order chi connectivity index (χ0) is 16.9. The smallest absolute Gasteiger partial charge is 0.325 e. The summed E-state index contributed by atoms with van der Waals surface area (Å²) in [5, 5.41) is 4.36. The van der Waals surface area contributed by atoms with Gasteiger partial charge in [-0.3, -0.25) is 9.59 Å². The molecule has 2 aromatic rings. The van der Waals surface area contributed by atoms with Crippen LogP contribution in [0.15, 0.2) is 41.8 Å². The molecule has 5 heteroatoms. The Hall–Kier alpha value is -2.14. The maximum absolute atomic E-state index is 11.7. The van der Waals surface area contributed by atoms with Crippen molar-refractivity contribution >= 4 is 23.2 Å². The predicted octanol–water partition coefficient (Wildman–Crippen LogP) is 3.52. The fourth-order valence-electron chi connectivity index (χ4n) is 1.96. The first-order valence-electron chi connectivity index (χ1n) is 7.43. The van der Waals surface area contributed by atoms with Crippen LogP contribution in [0.2, 0.25) is 0 Å². The Morgan fingerprint density at radius 3 is 2.39 bits per heavy atom. The molecular weight excluding hydrogens is 310 g/mol. The van der Waals surface area contributed by atoms with Crippen molar-refractivity contribution in [1.82, 2.24) is 5.32 Å². The van der Waals surface area contributed by atoms with Gasteiger partial charge < -0.3 is 10.1 Å². The summed E-state index contributed by atoms with van der Waals surface area (Å²) in [5.74, 6) is -0.707. The standard InChI is InChI=1S/C18H21NO3S/c1-18(2,3)14-8-6-13(7-9-14)12-22-16(20)11-19-17(21)15-5-4-10-23-15/h4-10H,11-12H2,1-3H3,(H,19,21). The molecule has 122 valence electrons. The molecule has 0 atom stereocenters. The Morgan fingerprint density at radius 1 is 1.13 bits per heavy atom. The van der Waals surface area contributed by atoms with E-state index in [1.54, 1.807) is 12.1 Å². The van der Waals surface area contributed by atoms with Crippen molar-refractivity contribution < 1.29 is 14.3 Å². The van der Waals surface area contributed by atoms with Gasteiger partial charge in [0, 0.05) is 0 Å². The van der Waals surface area contributed by atoms with Crippen molar-refractivity contribution in [1.29, 1.82) is 0 Å². The molecule has 0 unspecified atom stereocenters. The van der Waals surface area contributed by atoms with Crippen LogP contribution in [0, 0.1) is 0 Å². The molecule has 0 fully saturated rings. The summed E-state index contributed by atoms with van der Waals surface area (Å²) in [6.45, 7) is 6.53. The van der Waals surface area contributed by atoms with Gasteiger partial charge in [-0.1, -0.05) is 51.1 Å². The molecule has 0 aliphatic rings. The molecule has 23 heavy (non-hydrogen) atoms. The molecule has 0 saturated carbocycles. The van der Waals surface area contributed by atoms with Gasteiger partial charge in [0.25, 0.3) is 5.91 Å². The minimum absolute atomic E-state index is 0.0985. The average Bonchev–Trinajstić information content (AvgIpc) is 3.04. The minimum Gasteiger partial charge on any atom is -0.460 e. The lowest BCUT2D eigenvalue weighted by Crippen LogP contribution is -2.30. The van der Waals surface area contributed by atoms with Crippen LogP contribution in [-0.2, 0) is 21.6 Å². The largest absolute Gasteiger partial charge is 0.460 e. The van der Waals surface area contributed by atoms with Gasteiger partial charge in [-0.25, -0.2) is 0 Å². The molecule has 1 aromatic heterocycles. The minimum atomic E-state index is -0.449. The van der Waals surface area contributed by atoms with Gasteiger partial charge in [0.1, 0.15) is 13.2 Å². The van der Waals surface area contributed by atoms with Crippen LogP contribution in [0.1, 0.15) is 41.6 Å². The fourth-order valence-corrected chi connectivity index (χ4v) is 2.60. The summed E-state index contributed by atoms with van der Waals surface area (Å²) in [6, 6.07) is 11.5. The summed E-state index contributed by atoms with van der Waals surface area (Å²) in [7, 11) is 0. The Labute approximate surface area is 140 Å². The number of ether oxygens (including phenoxy) is 1. The molecule has 0 saturated heterocycles. The highest BCUT2D eigenvalue weighted by Crippen LogP contribution is 2.22. The van der Waals surface area contributed by atoms with Crippen molar-refractivity contribution in [3.8, 4) is 0 Å². The van der Waals surface area contributed by atoms with Crippen LogP contribution < -0.4 is 5.32 Å². The second-order valence-corrected chi connectivity index (χ2v) is 7.22. The summed E-state index contributed by atoms with van der Waals surface area (Å²) >= 11 is 1.33. The van der Waals surface area contributed by atoms with Crippen molar-refractivity contribution in [2.75, 3.05) is 6.54 Å². The van der Waals surface area contributed by atoms with E-state index in [-0.39, 0.29) is 24.5 Å². The van der Waals surface area contributed by atoms with E-state index in [2.05, 4.69) is 26.1 Å². The average molecular weight is 331 g/mol. The fraction of sp³-hybridized carbons (Fsp3) is 0.333. The van der Waals surface area contributed by atoms with Crippen LogP contribution in [0.4, 0.5) is 0 Å². The first kappa shape index (κ1) is 17.2. The highest BCUT2D eigenvalue weighted by molar-refractivity contribution is 7.12. The Kier molecular flexibility index (Phi) is 5.55. The second kappa shape index (κ2) is 7.42. The molecule has 2 rings (SSSR count). The van der Waals surface area contributed by atoms with Crippen LogP contribution in [0.25, 0.3) is 0 Å². The number of carbonyl (C=O) groups is 2. The lowest BCUT2D eigenvalue weighted by molar-refractivity contribution is -0.143.